The van der Waals surface area contributed by atoms with Crippen molar-refractivity contribution >= 4 is 26.8 Å². The molecule has 1 aromatic carbocycles. The second-order valence-corrected chi connectivity index (χ2v) is 3.92. The number of halogens is 1. The molecule has 0 bridgehead atoms. The fourth-order valence-electron chi connectivity index (χ4n) is 1.39. The highest BCUT2D eigenvalue weighted by atomic mass is 79.9. The molecule has 0 saturated heterocycles. The standard InChI is InChI=1S/C11H7BrN2/c1-7-2-5-10(12)11-9(7)4-3-8(6-13)14-11/h2-5H,1H3. The number of hydrogen-bond donors (Lipinski definition) is 0. The van der Waals surface area contributed by atoms with Crippen LogP contribution in [0.4, 0.5) is 0 Å². The summed E-state index contributed by atoms with van der Waals surface area (Å²) < 4.78 is 0.926. The zero-order chi connectivity index (χ0) is 10.1. The Morgan fingerprint density at radius 1 is 1.29 bits per heavy atom. The van der Waals surface area contributed by atoms with Crippen molar-refractivity contribution in [2.45, 2.75) is 6.92 Å². The summed E-state index contributed by atoms with van der Waals surface area (Å²) in [6.07, 6.45) is 0. The van der Waals surface area contributed by atoms with Gasteiger partial charge in [0.05, 0.1) is 5.52 Å². The van der Waals surface area contributed by atoms with Crippen molar-refractivity contribution in [2.24, 2.45) is 0 Å². The van der Waals surface area contributed by atoms with Gasteiger partial charge in [-0.25, -0.2) is 4.98 Å². The minimum absolute atomic E-state index is 0.448. The minimum atomic E-state index is 0.448. The van der Waals surface area contributed by atoms with Gasteiger partial charge in [-0.1, -0.05) is 6.07 Å². The fraction of sp³-hybridized carbons (Fsp3) is 0.0909. The molecule has 0 radical (unpaired) electrons. The molecular formula is C11H7BrN2. The Morgan fingerprint density at radius 2 is 2.07 bits per heavy atom. The molecule has 0 aliphatic carbocycles. The van der Waals surface area contributed by atoms with Crippen molar-refractivity contribution in [1.82, 2.24) is 4.98 Å². The largest absolute Gasteiger partial charge is 0.236 e. The topological polar surface area (TPSA) is 36.7 Å². The maximum atomic E-state index is 8.73. The quantitative estimate of drug-likeness (QED) is 0.716. The molecule has 68 valence electrons. The van der Waals surface area contributed by atoms with Gasteiger partial charge in [0.25, 0.3) is 0 Å². The van der Waals surface area contributed by atoms with Crippen LogP contribution in [0.25, 0.3) is 10.9 Å². The maximum Gasteiger partial charge on any atom is 0.141 e. The van der Waals surface area contributed by atoms with Crippen LogP contribution in [0.2, 0.25) is 0 Å². The summed E-state index contributed by atoms with van der Waals surface area (Å²) in [6.45, 7) is 2.03. The van der Waals surface area contributed by atoms with E-state index in [1.54, 1.807) is 6.07 Å². The summed E-state index contributed by atoms with van der Waals surface area (Å²) in [5.74, 6) is 0. The average molecular weight is 247 g/mol. The highest BCUT2D eigenvalue weighted by molar-refractivity contribution is 9.10. The lowest BCUT2D eigenvalue weighted by Crippen LogP contribution is -1.87. The molecule has 14 heavy (non-hydrogen) atoms. The Morgan fingerprint density at radius 3 is 2.79 bits per heavy atom. The summed E-state index contributed by atoms with van der Waals surface area (Å²) in [5, 5.41) is 9.81. The monoisotopic (exact) mass is 246 g/mol. The van der Waals surface area contributed by atoms with Crippen LogP contribution in [0.5, 0.6) is 0 Å². The summed E-state index contributed by atoms with van der Waals surface area (Å²) in [6, 6.07) is 9.68. The van der Waals surface area contributed by atoms with Gasteiger partial charge < -0.3 is 0 Å². The van der Waals surface area contributed by atoms with Gasteiger partial charge in [0, 0.05) is 9.86 Å². The van der Waals surface area contributed by atoms with Gasteiger partial charge in [-0.15, -0.1) is 0 Å². The number of benzene rings is 1. The number of fused-ring (bicyclic) bond motifs is 1. The average Bonchev–Trinajstić information content (AvgIpc) is 2.23. The smallest absolute Gasteiger partial charge is 0.141 e. The first kappa shape index (κ1) is 9.17. The summed E-state index contributed by atoms with van der Waals surface area (Å²) in [7, 11) is 0. The molecule has 0 saturated carbocycles. The number of nitrogens with zero attached hydrogens (tertiary/aromatic N) is 2. The molecule has 1 heterocycles. The Bertz CT molecular complexity index is 541. The van der Waals surface area contributed by atoms with Crippen LogP contribution in [0.3, 0.4) is 0 Å². The second-order valence-electron chi connectivity index (χ2n) is 3.07. The summed E-state index contributed by atoms with van der Waals surface area (Å²) >= 11 is 3.42. The third kappa shape index (κ3) is 1.38. The van der Waals surface area contributed by atoms with E-state index in [4.69, 9.17) is 5.26 Å². The molecule has 0 fully saturated rings. The predicted octanol–water partition coefficient (Wildman–Crippen LogP) is 3.18. The van der Waals surface area contributed by atoms with Crippen LogP contribution in [-0.4, -0.2) is 4.98 Å². The Hall–Kier alpha value is -1.40. The lowest BCUT2D eigenvalue weighted by atomic mass is 10.1. The number of nitriles is 1. The first-order chi connectivity index (χ1) is 6.72. The molecule has 0 amide bonds. The van der Waals surface area contributed by atoms with Gasteiger partial charge >= 0.3 is 0 Å². The lowest BCUT2D eigenvalue weighted by Gasteiger charge is -2.03. The van der Waals surface area contributed by atoms with Crippen LogP contribution in [-0.2, 0) is 0 Å². The SMILES string of the molecule is Cc1ccc(Br)c2nc(C#N)ccc12. The van der Waals surface area contributed by atoms with Crippen LogP contribution in [0.1, 0.15) is 11.3 Å². The first-order valence-electron chi connectivity index (χ1n) is 4.18. The zero-order valence-electron chi connectivity index (χ0n) is 7.58. The highest BCUT2D eigenvalue weighted by Gasteiger charge is 2.03. The number of pyridine rings is 1. The molecule has 2 rings (SSSR count). The number of aryl methyl sites for hydroxylation is 1. The van der Waals surface area contributed by atoms with E-state index in [0.29, 0.717) is 5.69 Å². The van der Waals surface area contributed by atoms with Gasteiger partial charge in [-0.3, -0.25) is 0 Å². The first-order valence-corrected chi connectivity index (χ1v) is 4.97. The second kappa shape index (κ2) is 3.39. The number of hydrogen-bond acceptors (Lipinski definition) is 2. The van der Waals surface area contributed by atoms with E-state index in [9.17, 15) is 0 Å². The summed E-state index contributed by atoms with van der Waals surface area (Å²) in [4.78, 5) is 4.25. The van der Waals surface area contributed by atoms with Crippen LogP contribution >= 0.6 is 15.9 Å². The van der Waals surface area contributed by atoms with E-state index in [2.05, 4.69) is 20.9 Å². The van der Waals surface area contributed by atoms with E-state index in [1.807, 2.05) is 31.2 Å². The van der Waals surface area contributed by atoms with E-state index < -0.39 is 0 Å². The molecule has 0 N–H and O–H groups in total. The third-order valence-corrected chi connectivity index (χ3v) is 2.78. The molecule has 0 aliphatic rings. The van der Waals surface area contributed by atoms with E-state index in [-0.39, 0.29) is 0 Å². The van der Waals surface area contributed by atoms with E-state index in [1.165, 1.54) is 5.56 Å². The van der Waals surface area contributed by atoms with Crippen molar-refractivity contribution in [3.8, 4) is 6.07 Å². The molecule has 0 unspecified atom stereocenters. The third-order valence-electron chi connectivity index (χ3n) is 2.14. The Kier molecular flexibility index (Phi) is 2.22. The fourth-order valence-corrected chi connectivity index (χ4v) is 1.82. The van der Waals surface area contributed by atoms with Gasteiger partial charge in [0.2, 0.25) is 0 Å². The normalized spacial score (nSPS) is 10.1. The van der Waals surface area contributed by atoms with Gasteiger partial charge in [0.15, 0.2) is 0 Å². The lowest BCUT2D eigenvalue weighted by molar-refractivity contribution is 1.31. The summed E-state index contributed by atoms with van der Waals surface area (Å²) in [5.41, 5.74) is 2.47. The molecule has 2 aromatic rings. The van der Waals surface area contributed by atoms with E-state index in [0.717, 1.165) is 15.4 Å². The minimum Gasteiger partial charge on any atom is -0.236 e. The predicted molar refractivity (Wildman–Crippen MR) is 58.9 cm³/mol. The van der Waals surface area contributed by atoms with Crippen molar-refractivity contribution < 1.29 is 0 Å². The van der Waals surface area contributed by atoms with Crippen LogP contribution < -0.4 is 0 Å². The molecule has 3 heteroatoms. The molecule has 0 atom stereocenters. The zero-order valence-corrected chi connectivity index (χ0v) is 9.17. The Balaban J connectivity index is 2.89. The van der Waals surface area contributed by atoms with Crippen LogP contribution in [0, 0.1) is 18.3 Å². The molecule has 0 spiro atoms. The van der Waals surface area contributed by atoms with Crippen molar-refractivity contribution in [3.63, 3.8) is 0 Å². The van der Waals surface area contributed by atoms with Gasteiger partial charge in [-0.2, -0.15) is 5.26 Å². The van der Waals surface area contributed by atoms with Crippen LogP contribution in [0.15, 0.2) is 28.7 Å². The van der Waals surface area contributed by atoms with Crippen molar-refractivity contribution in [1.29, 1.82) is 5.26 Å². The Labute approximate surface area is 90.3 Å². The number of aromatic nitrogens is 1. The molecular weight excluding hydrogens is 240 g/mol. The van der Waals surface area contributed by atoms with Crippen molar-refractivity contribution in [2.75, 3.05) is 0 Å². The highest BCUT2D eigenvalue weighted by Crippen LogP contribution is 2.24. The van der Waals surface area contributed by atoms with Crippen molar-refractivity contribution in [3.05, 3.63) is 40.0 Å². The van der Waals surface area contributed by atoms with E-state index >= 15 is 0 Å². The molecule has 0 aliphatic heterocycles. The maximum absolute atomic E-state index is 8.73. The van der Waals surface area contributed by atoms with Gasteiger partial charge in [0.1, 0.15) is 11.8 Å². The number of rotatable bonds is 0. The van der Waals surface area contributed by atoms with Gasteiger partial charge in [-0.05, 0) is 46.6 Å². The molecule has 2 nitrogen and oxygen atoms in total. The molecule has 1 aromatic heterocycles.